The van der Waals surface area contributed by atoms with Gasteiger partial charge in [-0.25, -0.2) is 13.6 Å². The van der Waals surface area contributed by atoms with Gasteiger partial charge in [0.1, 0.15) is 23.5 Å². The Kier molecular flexibility index (Phi) is 4.70. The predicted molar refractivity (Wildman–Crippen MR) is 94.2 cm³/mol. The topological polar surface area (TPSA) is 42.0 Å². The van der Waals surface area contributed by atoms with Gasteiger partial charge in [0.2, 0.25) is 0 Å². The maximum Gasteiger partial charge on any atom is 0.410 e. The molecule has 0 radical (unpaired) electrons. The molecule has 2 aliphatic rings. The van der Waals surface area contributed by atoms with E-state index in [9.17, 15) is 13.6 Å². The van der Waals surface area contributed by atoms with Crippen LogP contribution in [0.2, 0.25) is 0 Å². The first-order valence-electron chi connectivity index (χ1n) is 8.80. The lowest BCUT2D eigenvalue weighted by Gasteiger charge is -2.23. The highest BCUT2D eigenvalue weighted by molar-refractivity contribution is 5.71. The van der Waals surface area contributed by atoms with Gasteiger partial charge >= 0.3 is 6.09 Å². The molecule has 4 rings (SSSR count). The van der Waals surface area contributed by atoms with Gasteiger partial charge in [0, 0.05) is 36.8 Å². The average Bonchev–Trinajstić information content (AvgIpc) is 3.16. The number of benzene rings is 2. The Hall–Kier alpha value is -2.67. The fourth-order valence-electron chi connectivity index (χ4n) is 3.80. The van der Waals surface area contributed by atoms with Gasteiger partial charge in [-0.3, -0.25) is 9.80 Å². The van der Waals surface area contributed by atoms with Crippen LogP contribution in [0.25, 0.3) is 0 Å². The molecule has 2 heterocycles. The lowest BCUT2D eigenvalue weighted by Crippen LogP contribution is -2.37. The molecule has 1 amide bonds. The quantitative estimate of drug-likeness (QED) is 0.806. The summed E-state index contributed by atoms with van der Waals surface area (Å²) in [6.07, 6.45) is -0.598. The van der Waals surface area contributed by atoms with Gasteiger partial charge in [-0.15, -0.1) is 0 Å². The molecule has 0 spiro atoms. The minimum atomic E-state index is -0.591. The number of ether oxygens (including phenoxy) is 2. The number of amides is 1. The number of carbonyl (C=O) groups excluding carboxylic acids is 1. The molecule has 0 aromatic heterocycles. The molecule has 0 saturated carbocycles. The van der Waals surface area contributed by atoms with E-state index in [-0.39, 0.29) is 18.2 Å². The number of hydrogen-bond donors (Lipinski definition) is 0. The van der Waals surface area contributed by atoms with Crippen molar-refractivity contribution in [1.29, 1.82) is 0 Å². The molecule has 142 valence electrons. The number of carbonyl (C=O) groups is 1. The van der Waals surface area contributed by atoms with Gasteiger partial charge in [0.05, 0.1) is 19.7 Å². The summed E-state index contributed by atoms with van der Waals surface area (Å²) in [5.41, 5.74) is 1.33. The number of fused-ring (bicyclic) bond motifs is 1. The van der Waals surface area contributed by atoms with E-state index < -0.39 is 11.6 Å². The zero-order valence-electron chi connectivity index (χ0n) is 14.9. The van der Waals surface area contributed by atoms with Crippen molar-refractivity contribution in [1.82, 2.24) is 9.80 Å². The highest BCUT2D eigenvalue weighted by Gasteiger charge is 2.47. The smallest absolute Gasteiger partial charge is 0.410 e. The van der Waals surface area contributed by atoms with E-state index in [2.05, 4.69) is 0 Å². The van der Waals surface area contributed by atoms with E-state index in [0.717, 1.165) is 17.4 Å². The first-order chi connectivity index (χ1) is 13.0. The number of likely N-dealkylation sites (tertiary alicyclic amines) is 1. The van der Waals surface area contributed by atoms with Gasteiger partial charge in [-0.1, -0.05) is 24.3 Å². The summed E-state index contributed by atoms with van der Waals surface area (Å²) < 4.78 is 37.9. The molecule has 5 nitrogen and oxygen atoms in total. The van der Waals surface area contributed by atoms with Crippen LogP contribution in [-0.2, 0) is 17.8 Å². The van der Waals surface area contributed by atoms with Crippen LogP contribution in [0.4, 0.5) is 13.6 Å². The van der Waals surface area contributed by atoms with Gasteiger partial charge in [0.25, 0.3) is 0 Å². The molecule has 2 aromatic rings. The monoisotopic (exact) mass is 374 g/mol. The molecule has 2 aliphatic heterocycles. The Morgan fingerprint density at radius 1 is 1.11 bits per heavy atom. The fraction of sp³-hybridized carbons (Fsp3) is 0.350. The number of para-hydroxylation sites is 1. The van der Waals surface area contributed by atoms with Gasteiger partial charge in [0.15, 0.2) is 0 Å². The van der Waals surface area contributed by atoms with E-state index in [1.807, 2.05) is 29.2 Å². The molecular weight excluding hydrogens is 354 g/mol. The first-order valence-corrected chi connectivity index (χ1v) is 8.80. The lowest BCUT2D eigenvalue weighted by molar-refractivity contribution is 0.119. The summed E-state index contributed by atoms with van der Waals surface area (Å²) in [5, 5.41) is 0. The van der Waals surface area contributed by atoms with E-state index in [0.29, 0.717) is 31.7 Å². The van der Waals surface area contributed by atoms with Crippen LogP contribution in [-0.4, -0.2) is 48.2 Å². The first kappa shape index (κ1) is 17.7. The average molecular weight is 374 g/mol. The summed E-state index contributed by atoms with van der Waals surface area (Å²) in [4.78, 5) is 16.0. The minimum Gasteiger partial charge on any atom is -0.496 e. The highest BCUT2D eigenvalue weighted by atomic mass is 19.1. The van der Waals surface area contributed by atoms with Crippen molar-refractivity contribution in [3.05, 3.63) is 65.2 Å². The maximum atomic E-state index is 13.9. The van der Waals surface area contributed by atoms with Crippen molar-refractivity contribution in [2.24, 2.45) is 0 Å². The molecule has 7 heteroatoms. The van der Waals surface area contributed by atoms with Crippen LogP contribution in [0.3, 0.4) is 0 Å². The van der Waals surface area contributed by atoms with Crippen molar-refractivity contribution in [2.75, 3.05) is 20.2 Å². The summed E-state index contributed by atoms with van der Waals surface area (Å²) in [6, 6.07) is 11.0. The summed E-state index contributed by atoms with van der Waals surface area (Å²) in [5.74, 6) is -0.432. The summed E-state index contributed by atoms with van der Waals surface area (Å²) >= 11 is 0. The molecule has 2 atom stereocenters. The molecule has 2 fully saturated rings. The van der Waals surface area contributed by atoms with Crippen LogP contribution < -0.4 is 4.74 Å². The zero-order valence-corrected chi connectivity index (χ0v) is 14.9. The number of hydrogen-bond acceptors (Lipinski definition) is 4. The number of methoxy groups -OCH3 is 1. The molecular formula is C20H20F2N2O3. The van der Waals surface area contributed by atoms with Crippen LogP contribution in [0.15, 0.2) is 42.5 Å². The van der Waals surface area contributed by atoms with Crippen molar-refractivity contribution in [2.45, 2.75) is 25.2 Å². The molecule has 0 N–H and O–H groups in total. The standard InChI is InChI=1S/C20H20F2N2O3/c1-26-18-5-3-2-4-14(18)10-24-17-11-23(12-19(17)27-20(24)25)9-13-6-7-15(21)8-16(13)22/h2-8,17,19H,9-12H2,1H3/t17-,19+/m1/s1. The van der Waals surface area contributed by atoms with Crippen LogP contribution in [0.1, 0.15) is 11.1 Å². The van der Waals surface area contributed by atoms with Crippen molar-refractivity contribution >= 4 is 6.09 Å². The zero-order chi connectivity index (χ0) is 19.0. The third-order valence-electron chi connectivity index (χ3n) is 5.14. The number of nitrogens with zero attached hydrogens (tertiary/aromatic N) is 2. The normalized spacial score (nSPS) is 22.0. The number of rotatable bonds is 5. The van der Waals surface area contributed by atoms with Gasteiger partial charge < -0.3 is 9.47 Å². The summed E-state index contributed by atoms with van der Waals surface area (Å²) in [7, 11) is 1.60. The Bertz CT molecular complexity index is 861. The highest BCUT2D eigenvalue weighted by Crippen LogP contribution is 2.31. The van der Waals surface area contributed by atoms with E-state index in [4.69, 9.17) is 9.47 Å². The van der Waals surface area contributed by atoms with E-state index >= 15 is 0 Å². The Labute approximate surface area is 156 Å². The molecule has 0 bridgehead atoms. The van der Waals surface area contributed by atoms with Gasteiger partial charge in [-0.2, -0.15) is 0 Å². The van der Waals surface area contributed by atoms with Crippen LogP contribution >= 0.6 is 0 Å². The Morgan fingerprint density at radius 2 is 1.93 bits per heavy atom. The third kappa shape index (κ3) is 3.47. The second kappa shape index (κ2) is 7.15. The molecule has 0 aliphatic carbocycles. The van der Waals surface area contributed by atoms with Crippen LogP contribution in [0.5, 0.6) is 5.75 Å². The number of halogens is 2. The predicted octanol–water partition coefficient (Wildman–Crippen LogP) is 3.18. The molecule has 2 saturated heterocycles. The Balaban J connectivity index is 1.47. The van der Waals surface area contributed by atoms with Crippen molar-refractivity contribution in [3.8, 4) is 5.75 Å². The SMILES string of the molecule is COc1ccccc1CN1C(=O)O[C@H]2CN(Cc3ccc(F)cc3F)C[C@H]21. The molecule has 0 unspecified atom stereocenters. The second-order valence-corrected chi connectivity index (χ2v) is 6.86. The molecule has 27 heavy (non-hydrogen) atoms. The third-order valence-corrected chi connectivity index (χ3v) is 5.14. The van der Waals surface area contributed by atoms with Crippen molar-refractivity contribution in [3.63, 3.8) is 0 Å². The largest absolute Gasteiger partial charge is 0.496 e. The maximum absolute atomic E-state index is 13.9. The second-order valence-electron chi connectivity index (χ2n) is 6.86. The van der Waals surface area contributed by atoms with E-state index in [1.54, 1.807) is 12.0 Å². The fourth-order valence-corrected chi connectivity index (χ4v) is 3.80. The van der Waals surface area contributed by atoms with E-state index in [1.165, 1.54) is 12.1 Å². The minimum absolute atomic E-state index is 0.106. The van der Waals surface area contributed by atoms with Crippen molar-refractivity contribution < 1.29 is 23.0 Å². The summed E-state index contributed by atoms with van der Waals surface area (Å²) in [6.45, 7) is 1.83. The van der Waals surface area contributed by atoms with Gasteiger partial charge in [-0.05, 0) is 12.1 Å². The molecule has 2 aromatic carbocycles. The van der Waals surface area contributed by atoms with Crippen LogP contribution in [0, 0.1) is 11.6 Å². The lowest BCUT2D eigenvalue weighted by atomic mass is 10.1. The Morgan fingerprint density at radius 3 is 2.70 bits per heavy atom.